The number of ether oxygens (including phenoxy) is 3. The Morgan fingerprint density at radius 3 is 2.58 bits per heavy atom. The summed E-state index contributed by atoms with van der Waals surface area (Å²) in [5, 5.41) is 6.87. The third-order valence-corrected chi connectivity index (χ3v) is 9.21. The van der Waals surface area contributed by atoms with Gasteiger partial charge in [0.2, 0.25) is 5.90 Å². The minimum atomic E-state index is -0.480. The van der Waals surface area contributed by atoms with E-state index in [1.54, 1.807) is 19.1 Å². The van der Waals surface area contributed by atoms with E-state index in [-0.39, 0.29) is 17.6 Å². The van der Waals surface area contributed by atoms with Crippen LogP contribution in [0.15, 0.2) is 58.3 Å². The summed E-state index contributed by atoms with van der Waals surface area (Å²) < 4.78 is 32.4. The second-order valence-corrected chi connectivity index (χ2v) is 12.7. The van der Waals surface area contributed by atoms with E-state index in [4.69, 9.17) is 24.3 Å². The molecule has 1 atom stereocenters. The fourth-order valence-corrected chi connectivity index (χ4v) is 6.18. The summed E-state index contributed by atoms with van der Waals surface area (Å²) in [5.74, 6) is 1.17. The van der Waals surface area contributed by atoms with E-state index >= 15 is 4.39 Å². The Bertz CT molecular complexity index is 1590. The first kappa shape index (κ1) is 31.0. The monoisotopic (exact) mass is 614 g/mol. The molecule has 0 spiro atoms. The van der Waals surface area contributed by atoms with Gasteiger partial charge in [0.25, 0.3) is 5.91 Å². The molecular weight excluding hydrogens is 571 g/mol. The van der Waals surface area contributed by atoms with Crippen molar-refractivity contribution in [3.05, 3.63) is 76.3 Å². The summed E-state index contributed by atoms with van der Waals surface area (Å²) in [6.45, 7) is 8.04. The second kappa shape index (κ2) is 13.2. The van der Waals surface area contributed by atoms with Gasteiger partial charge in [-0.2, -0.15) is 0 Å². The standard InChI is InChI=1S/C36H43FN4O4/c1-22-6-11-30-29(38-21-25-14-16-44-17-15-25)20-34(45-33-13-12-32(43-5)24(3)35(33)37)39-41(30)31(18-22)26-7-10-28(23(2)19-26)36(42)40(4)27-8-9-27/h7,10-13,18-19,22,25,27H,6,8-9,14-17,20-21H2,1-5H3. The van der Waals surface area contributed by atoms with Gasteiger partial charge in [0, 0.05) is 49.5 Å². The molecule has 1 aliphatic carbocycles. The number of aryl methyl sites for hydroxylation is 1. The Kier molecular flexibility index (Phi) is 9.08. The molecule has 6 rings (SSSR count). The molecule has 1 unspecified atom stereocenters. The summed E-state index contributed by atoms with van der Waals surface area (Å²) in [6, 6.07) is 9.60. The Hall–Kier alpha value is -3.98. The zero-order valence-electron chi connectivity index (χ0n) is 26.9. The maximum Gasteiger partial charge on any atom is 0.254 e. The van der Waals surface area contributed by atoms with E-state index in [9.17, 15) is 4.79 Å². The van der Waals surface area contributed by atoms with E-state index < -0.39 is 5.82 Å². The molecule has 1 amide bonds. The van der Waals surface area contributed by atoms with Gasteiger partial charge in [-0.1, -0.05) is 25.1 Å². The predicted molar refractivity (Wildman–Crippen MR) is 174 cm³/mol. The largest absolute Gasteiger partial charge is 0.496 e. The summed E-state index contributed by atoms with van der Waals surface area (Å²) in [4.78, 5) is 20.2. The lowest BCUT2D eigenvalue weighted by molar-refractivity contribution is 0.0689. The molecule has 238 valence electrons. The van der Waals surface area contributed by atoms with Crippen LogP contribution in [0.1, 0.15) is 72.5 Å². The second-order valence-electron chi connectivity index (χ2n) is 12.7. The van der Waals surface area contributed by atoms with Crippen LogP contribution in [0.5, 0.6) is 11.5 Å². The topological polar surface area (TPSA) is 76.0 Å². The third kappa shape index (κ3) is 6.69. The van der Waals surface area contributed by atoms with Gasteiger partial charge in [0.1, 0.15) is 5.75 Å². The van der Waals surface area contributed by atoms with Crippen LogP contribution in [0.25, 0.3) is 5.70 Å². The Morgan fingerprint density at radius 1 is 1.11 bits per heavy atom. The number of hydrogen-bond donors (Lipinski definition) is 0. The molecule has 4 aliphatic rings. The summed E-state index contributed by atoms with van der Waals surface area (Å²) in [6.07, 6.45) is 9.67. The highest BCUT2D eigenvalue weighted by atomic mass is 19.1. The number of amides is 1. The molecule has 0 aromatic heterocycles. The number of allylic oxidation sites excluding steroid dienone is 3. The van der Waals surface area contributed by atoms with Crippen LogP contribution in [0.3, 0.4) is 0 Å². The molecular formula is C36H43FN4O4. The van der Waals surface area contributed by atoms with E-state index in [1.165, 1.54) is 7.11 Å². The van der Waals surface area contributed by atoms with Crippen LogP contribution >= 0.6 is 0 Å². The quantitative estimate of drug-likeness (QED) is 0.339. The molecule has 3 heterocycles. The van der Waals surface area contributed by atoms with Gasteiger partial charge in [-0.15, -0.1) is 5.10 Å². The lowest BCUT2D eigenvalue weighted by atomic mass is 9.99. The average Bonchev–Trinajstić information content (AvgIpc) is 3.91. The van der Waals surface area contributed by atoms with Crippen molar-refractivity contribution in [3.63, 3.8) is 0 Å². The van der Waals surface area contributed by atoms with E-state index in [0.717, 1.165) is 73.6 Å². The fourth-order valence-electron chi connectivity index (χ4n) is 6.18. The maximum atomic E-state index is 15.4. The van der Waals surface area contributed by atoms with Crippen LogP contribution in [0.2, 0.25) is 0 Å². The molecule has 0 bridgehead atoms. The molecule has 2 aromatic carbocycles. The van der Waals surface area contributed by atoms with Gasteiger partial charge in [-0.25, -0.2) is 9.40 Å². The Morgan fingerprint density at radius 2 is 1.87 bits per heavy atom. The van der Waals surface area contributed by atoms with Crippen LogP contribution in [0.4, 0.5) is 4.39 Å². The predicted octanol–water partition coefficient (Wildman–Crippen LogP) is 6.92. The van der Waals surface area contributed by atoms with Crippen molar-refractivity contribution < 1.29 is 23.4 Å². The smallest absolute Gasteiger partial charge is 0.254 e. The number of benzene rings is 2. The minimum absolute atomic E-state index is 0.0522. The Balaban J connectivity index is 1.37. The SMILES string of the molecule is COc1ccc(OC2=NN3C(=CCC(C)C=C3c3ccc(C(=O)N(C)C4CC4)c(C)c3)C(=NCC3CCOCC3)C2)c(F)c1C. The summed E-state index contributed by atoms with van der Waals surface area (Å²) >= 11 is 0. The van der Waals surface area contributed by atoms with Crippen molar-refractivity contribution >= 4 is 23.2 Å². The lowest BCUT2D eigenvalue weighted by Gasteiger charge is -2.31. The van der Waals surface area contributed by atoms with E-state index in [2.05, 4.69) is 25.1 Å². The van der Waals surface area contributed by atoms with Crippen molar-refractivity contribution in [2.45, 2.75) is 65.3 Å². The number of fused-ring (bicyclic) bond motifs is 1. The van der Waals surface area contributed by atoms with Crippen molar-refractivity contribution in [1.82, 2.24) is 9.91 Å². The highest BCUT2D eigenvalue weighted by molar-refractivity contribution is 6.13. The summed E-state index contributed by atoms with van der Waals surface area (Å²) in [7, 11) is 3.41. The van der Waals surface area contributed by atoms with Gasteiger partial charge in [0.05, 0.1) is 30.6 Å². The van der Waals surface area contributed by atoms with Gasteiger partial charge >= 0.3 is 0 Å². The highest BCUT2D eigenvalue weighted by Crippen LogP contribution is 2.36. The van der Waals surface area contributed by atoms with Crippen LogP contribution in [-0.4, -0.2) is 67.4 Å². The first-order valence-electron chi connectivity index (χ1n) is 16.0. The molecule has 0 N–H and O–H groups in total. The molecule has 1 saturated heterocycles. The number of hydrazone groups is 1. The minimum Gasteiger partial charge on any atom is -0.496 e. The third-order valence-electron chi connectivity index (χ3n) is 9.21. The number of hydrogen-bond acceptors (Lipinski definition) is 7. The van der Waals surface area contributed by atoms with Gasteiger partial charge in [-0.3, -0.25) is 9.79 Å². The van der Waals surface area contributed by atoms with Crippen molar-refractivity contribution in [2.24, 2.45) is 21.9 Å². The number of nitrogens with zero attached hydrogens (tertiary/aromatic N) is 4. The molecule has 0 radical (unpaired) electrons. The normalized spacial score (nSPS) is 21.4. The van der Waals surface area contributed by atoms with Gasteiger partial charge < -0.3 is 19.1 Å². The Labute approximate surface area is 265 Å². The molecule has 3 aliphatic heterocycles. The molecule has 2 aromatic rings. The number of rotatable bonds is 7. The number of methoxy groups -OCH3 is 1. The van der Waals surface area contributed by atoms with Crippen LogP contribution < -0.4 is 9.47 Å². The van der Waals surface area contributed by atoms with E-state index in [1.807, 2.05) is 36.0 Å². The van der Waals surface area contributed by atoms with E-state index in [0.29, 0.717) is 47.7 Å². The van der Waals surface area contributed by atoms with Crippen molar-refractivity contribution in [1.29, 1.82) is 0 Å². The highest BCUT2D eigenvalue weighted by Gasteiger charge is 2.33. The summed E-state index contributed by atoms with van der Waals surface area (Å²) in [5.41, 5.74) is 5.61. The first-order chi connectivity index (χ1) is 21.7. The lowest BCUT2D eigenvalue weighted by Crippen LogP contribution is -2.33. The molecule has 9 heteroatoms. The van der Waals surface area contributed by atoms with Crippen LogP contribution in [0, 0.1) is 31.5 Å². The first-order valence-corrected chi connectivity index (χ1v) is 16.0. The zero-order chi connectivity index (χ0) is 31.7. The van der Waals surface area contributed by atoms with Crippen molar-refractivity contribution in [3.8, 4) is 11.5 Å². The molecule has 45 heavy (non-hydrogen) atoms. The fraction of sp³-hybridized carbons (Fsp3) is 0.472. The van der Waals surface area contributed by atoms with Gasteiger partial charge in [-0.05, 0) is 87.6 Å². The number of carbonyl (C=O) groups is 1. The maximum absolute atomic E-state index is 15.4. The van der Waals surface area contributed by atoms with Gasteiger partial charge in [0.15, 0.2) is 11.6 Å². The van der Waals surface area contributed by atoms with Crippen LogP contribution in [-0.2, 0) is 4.74 Å². The number of halogens is 1. The molecule has 8 nitrogen and oxygen atoms in total. The number of aliphatic imine (C=N–C) groups is 1. The average molecular weight is 615 g/mol. The molecule has 2 fully saturated rings. The zero-order valence-corrected chi connectivity index (χ0v) is 26.9. The molecule has 1 saturated carbocycles. The van der Waals surface area contributed by atoms with Crippen molar-refractivity contribution in [2.75, 3.05) is 33.9 Å². The number of carbonyl (C=O) groups excluding carboxylic acids is 1.